The molecule has 3 rings (SSSR count). The van der Waals surface area contributed by atoms with Crippen LogP contribution in [-0.4, -0.2) is 17.7 Å². The number of esters is 1. The third-order valence-electron chi connectivity index (χ3n) is 3.95. The Labute approximate surface area is 151 Å². The molecule has 1 aliphatic heterocycles. The maximum atomic E-state index is 14.5. The minimum Gasteiger partial charge on any atom is -0.462 e. The molecule has 0 bridgehead atoms. The normalized spacial score (nSPS) is 15.9. The van der Waals surface area contributed by atoms with Crippen LogP contribution < -0.4 is 15.9 Å². The average Bonchev–Trinajstić information content (AvgIpc) is 2.62. The lowest BCUT2D eigenvalue weighted by Crippen LogP contribution is -2.31. The number of hydrogen-bond donors (Lipinski definition) is 2. The highest BCUT2D eigenvalue weighted by molar-refractivity contribution is 5.92. The molecule has 0 aliphatic carbocycles. The fourth-order valence-corrected chi connectivity index (χ4v) is 2.85. The number of aliphatic hydroxyl groups is 1. The minimum atomic E-state index is -1.53. The van der Waals surface area contributed by atoms with Gasteiger partial charge >= 0.3 is 5.97 Å². The summed E-state index contributed by atoms with van der Waals surface area (Å²) < 4.78 is 44.5. The number of fused-ring (bicyclic) bond motifs is 1. The molecule has 9 heteroatoms. The fraction of sp³-hybridized carbons (Fsp3) is 0.222. The van der Waals surface area contributed by atoms with Crippen molar-refractivity contribution in [2.75, 3.05) is 6.61 Å². The van der Waals surface area contributed by atoms with Crippen LogP contribution in [0.4, 0.5) is 8.78 Å². The van der Waals surface area contributed by atoms with Gasteiger partial charge in [-0.3, -0.25) is 4.79 Å². The van der Waals surface area contributed by atoms with Crippen LogP contribution in [0, 0.1) is 11.6 Å². The van der Waals surface area contributed by atoms with Gasteiger partial charge in [0.1, 0.15) is 29.6 Å². The highest BCUT2D eigenvalue weighted by Crippen LogP contribution is 2.43. The van der Waals surface area contributed by atoms with Gasteiger partial charge in [-0.25, -0.2) is 13.6 Å². The predicted molar refractivity (Wildman–Crippen MR) is 87.6 cm³/mol. The summed E-state index contributed by atoms with van der Waals surface area (Å²) in [5.74, 6) is -5.97. The zero-order valence-electron chi connectivity index (χ0n) is 14.1. The van der Waals surface area contributed by atoms with Crippen molar-refractivity contribution in [3.8, 4) is 5.75 Å². The standard InChI is InChI=1S/C18H15F2NO6/c1-2-25-18(24)14-13(12-9(19)4-3-5-10(12)20)16-15(27-17(14)21)11(23)6-8(7-22)26-16/h3-6,13,22H,2,7,21H2,1H3/t13-/m1/s1. The van der Waals surface area contributed by atoms with Crippen molar-refractivity contribution in [2.24, 2.45) is 5.73 Å². The average molecular weight is 379 g/mol. The Morgan fingerprint density at radius 1 is 1.33 bits per heavy atom. The van der Waals surface area contributed by atoms with Crippen LogP contribution in [0.2, 0.25) is 0 Å². The van der Waals surface area contributed by atoms with E-state index in [2.05, 4.69) is 0 Å². The number of hydrogen-bond acceptors (Lipinski definition) is 7. The SMILES string of the molecule is CCOC(=O)C1=C(N)Oc2c(oc(CO)cc2=O)[C@@H]1c1c(F)cccc1F. The van der Waals surface area contributed by atoms with Crippen LogP contribution in [-0.2, 0) is 16.1 Å². The Bertz CT molecular complexity index is 978. The second-order valence-corrected chi connectivity index (χ2v) is 5.60. The molecule has 0 radical (unpaired) electrons. The number of aliphatic hydroxyl groups excluding tert-OH is 1. The second kappa shape index (κ2) is 7.20. The van der Waals surface area contributed by atoms with E-state index >= 15 is 0 Å². The Kier molecular flexibility index (Phi) is 4.95. The first kappa shape index (κ1) is 18.6. The monoisotopic (exact) mass is 379 g/mol. The lowest BCUT2D eigenvalue weighted by Gasteiger charge is -2.27. The molecule has 3 N–H and O–H groups in total. The lowest BCUT2D eigenvalue weighted by molar-refractivity contribution is -0.139. The molecule has 142 valence electrons. The molecule has 1 aliphatic rings. The second-order valence-electron chi connectivity index (χ2n) is 5.60. The molecule has 7 nitrogen and oxygen atoms in total. The molecule has 0 amide bonds. The van der Waals surface area contributed by atoms with Gasteiger partial charge in [-0.1, -0.05) is 6.07 Å². The van der Waals surface area contributed by atoms with Crippen LogP contribution in [0.5, 0.6) is 5.75 Å². The molecule has 0 spiro atoms. The third-order valence-corrected chi connectivity index (χ3v) is 3.95. The molecular weight excluding hydrogens is 364 g/mol. The van der Waals surface area contributed by atoms with E-state index in [0.717, 1.165) is 24.3 Å². The third kappa shape index (κ3) is 3.17. The zero-order valence-corrected chi connectivity index (χ0v) is 14.1. The van der Waals surface area contributed by atoms with Crippen molar-refractivity contribution in [3.05, 3.63) is 74.7 Å². The quantitative estimate of drug-likeness (QED) is 0.777. The van der Waals surface area contributed by atoms with Crippen molar-refractivity contribution >= 4 is 5.97 Å². The van der Waals surface area contributed by atoms with E-state index in [4.69, 9.17) is 19.6 Å². The van der Waals surface area contributed by atoms with Crippen molar-refractivity contribution in [1.82, 2.24) is 0 Å². The van der Waals surface area contributed by atoms with Gasteiger partial charge in [-0.2, -0.15) is 0 Å². The molecule has 0 saturated carbocycles. The van der Waals surface area contributed by atoms with Crippen LogP contribution in [0.15, 0.2) is 44.9 Å². The van der Waals surface area contributed by atoms with Crippen LogP contribution >= 0.6 is 0 Å². The Hall–Kier alpha value is -3.20. The number of benzene rings is 1. The first-order valence-corrected chi connectivity index (χ1v) is 7.95. The molecular formula is C18H15F2NO6. The van der Waals surface area contributed by atoms with E-state index in [1.807, 2.05) is 0 Å². The van der Waals surface area contributed by atoms with Gasteiger partial charge in [0, 0.05) is 11.6 Å². The maximum Gasteiger partial charge on any atom is 0.340 e. The molecule has 0 saturated heterocycles. The molecule has 2 aromatic rings. The van der Waals surface area contributed by atoms with Crippen molar-refractivity contribution < 1.29 is 32.6 Å². The van der Waals surface area contributed by atoms with Crippen molar-refractivity contribution in [1.29, 1.82) is 0 Å². The molecule has 1 aromatic heterocycles. The van der Waals surface area contributed by atoms with Gasteiger partial charge in [0.05, 0.1) is 12.5 Å². The number of carbonyl (C=O) groups excluding carboxylic acids is 1. The summed E-state index contributed by atoms with van der Waals surface area (Å²) in [5, 5.41) is 9.29. The van der Waals surface area contributed by atoms with Gasteiger partial charge in [0.15, 0.2) is 5.76 Å². The summed E-state index contributed by atoms with van der Waals surface area (Å²) in [6.07, 6.45) is 0. The smallest absolute Gasteiger partial charge is 0.340 e. The topological polar surface area (TPSA) is 112 Å². The van der Waals surface area contributed by atoms with Crippen LogP contribution in [0.3, 0.4) is 0 Å². The molecule has 27 heavy (non-hydrogen) atoms. The zero-order chi connectivity index (χ0) is 19.7. The molecule has 1 atom stereocenters. The minimum absolute atomic E-state index is 0.0322. The number of ether oxygens (including phenoxy) is 2. The Balaban J connectivity index is 2.35. The highest BCUT2D eigenvalue weighted by atomic mass is 19.1. The van der Waals surface area contributed by atoms with E-state index < -0.39 is 58.3 Å². The maximum absolute atomic E-state index is 14.5. The van der Waals surface area contributed by atoms with E-state index in [9.17, 15) is 23.5 Å². The van der Waals surface area contributed by atoms with Gasteiger partial charge < -0.3 is 24.7 Å². The molecule has 0 unspecified atom stereocenters. The van der Waals surface area contributed by atoms with E-state index in [0.29, 0.717) is 0 Å². The number of halogens is 2. The summed E-state index contributed by atoms with van der Waals surface area (Å²) in [5.41, 5.74) is 4.07. The molecule has 0 fully saturated rings. The Morgan fingerprint density at radius 2 is 2.00 bits per heavy atom. The predicted octanol–water partition coefficient (Wildman–Crippen LogP) is 1.67. The highest BCUT2D eigenvalue weighted by Gasteiger charge is 2.41. The van der Waals surface area contributed by atoms with E-state index in [1.54, 1.807) is 0 Å². The lowest BCUT2D eigenvalue weighted by atomic mass is 9.86. The first-order valence-electron chi connectivity index (χ1n) is 7.95. The van der Waals surface area contributed by atoms with Gasteiger partial charge in [0.25, 0.3) is 0 Å². The molecule has 2 heterocycles. The fourth-order valence-electron chi connectivity index (χ4n) is 2.85. The van der Waals surface area contributed by atoms with Gasteiger partial charge in [-0.15, -0.1) is 0 Å². The summed E-state index contributed by atoms with van der Waals surface area (Å²) in [6, 6.07) is 4.07. The summed E-state index contributed by atoms with van der Waals surface area (Å²) in [7, 11) is 0. The first-order chi connectivity index (χ1) is 12.9. The number of nitrogens with two attached hydrogens (primary N) is 1. The largest absolute Gasteiger partial charge is 0.462 e. The Morgan fingerprint density at radius 3 is 2.59 bits per heavy atom. The van der Waals surface area contributed by atoms with Crippen molar-refractivity contribution in [3.63, 3.8) is 0 Å². The van der Waals surface area contributed by atoms with E-state index in [-0.39, 0.29) is 18.1 Å². The van der Waals surface area contributed by atoms with Gasteiger partial charge in [-0.05, 0) is 19.1 Å². The number of carbonyl (C=O) groups is 1. The van der Waals surface area contributed by atoms with Crippen LogP contribution in [0.25, 0.3) is 0 Å². The summed E-state index contributed by atoms with van der Waals surface area (Å²) in [4.78, 5) is 24.7. The summed E-state index contributed by atoms with van der Waals surface area (Å²) in [6.45, 7) is 0.855. The van der Waals surface area contributed by atoms with Crippen LogP contribution in [0.1, 0.15) is 29.9 Å². The number of rotatable bonds is 4. The van der Waals surface area contributed by atoms with Crippen molar-refractivity contribution in [2.45, 2.75) is 19.4 Å². The summed E-state index contributed by atoms with van der Waals surface area (Å²) >= 11 is 0. The van der Waals surface area contributed by atoms with E-state index in [1.165, 1.54) is 6.92 Å². The van der Waals surface area contributed by atoms with Gasteiger partial charge in [0.2, 0.25) is 17.1 Å². The molecule has 1 aromatic carbocycles.